The standard InChI is InChI=1S/C48H34N16OS2/c65-48(25-5-2-1-3-6-25)55-30-11-26(14-49-18-30)28-13-32-42(46-56-35-21-50-19-33(39(35)58-46)38-7-4-9-66-38)61-63-47(32)64(23-28)37-8-10-67-43(37)34-20-51-22-36-40(34)59-45(57-36)41-31-12-27(17-54-44(31)62-60-41)29-15-52-24-53-16-29/h4,7-25H,1-3,5-6H2,(H4,50,51,54,55,56,57,58,59,60,61,62,65)/p+1. The van der Waals surface area contributed by atoms with Crippen molar-refractivity contribution in [3.63, 3.8) is 0 Å². The number of amides is 1. The number of aromatic amines is 4. The second kappa shape index (κ2) is 15.9. The Morgan fingerprint density at radius 1 is 0.672 bits per heavy atom. The van der Waals surface area contributed by atoms with Crippen LogP contribution in [-0.4, -0.2) is 76.1 Å². The van der Waals surface area contributed by atoms with Crippen LogP contribution in [0.15, 0.2) is 115 Å². The Balaban J connectivity index is 0.945. The monoisotopic (exact) mass is 915 g/mol. The zero-order chi connectivity index (χ0) is 44.4. The van der Waals surface area contributed by atoms with Crippen molar-refractivity contribution in [1.29, 1.82) is 0 Å². The number of thiophene rings is 2. The van der Waals surface area contributed by atoms with Crippen LogP contribution in [0.2, 0.25) is 0 Å². The number of imidazole rings is 2. The van der Waals surface area contributed by atoms with Gasteiger partial charge in [0, 0.05) is 81.4 Å². The molecule has 0 aliphatic heterocycles. The van der Waals surface area contributed by atoms with Gasteiger partial charge in [-0.2, -0.15) is 9.67 Å². The van der Waals surface area contributed by atoms with Gasteiger partial charge in [0.1, 0.15) is 34.6 Å². The van der Waals surface area contributed by atoms with Gasteiger partial charge >= 0.3 is 5.65 Å². The highest BCUT2D eigenvalue weighted by atomic mass is 32.1. The third-order valence-corrected chi connectivity index (χ3v) is 14.2. The van der Waals surface area contributed by atoms with Crippen molar-refractivity contribution in [2.24, 2.45) is 5.92 Å². The molecule has 1 aliphatic carbocycles. The Morgan fingerprint density at radius 3 is 2.19 bits per heavy atom. The van der Waals surface area contributed by atoms with Crippen LogP contribution in [0.4, 0.5) is 5.69 Å². The van der Waals surface area contributed by atoms with E-state index in [-0.39, 0.29) is 11.8 Å². The first-order valence-corrected chi connectivity index (χ1v) is 23.5. The minimum absolute atomic E-state index is 0.00367. The Morgan fingerprint density at radius 2 is 1.39 bits per heavy atom. The summed E-state index contributed by atoms with van der Waals surface area (Å²) in [6.45, 7) is 0. The summed E-state index contributed by atoms with van der Waals surface area (Å²) >= 11 is 3.22. The maximum Gasteiger partial charge on any atom is 0.314 e. The van der Waals surface area contributed by atoms with Crippen molar-refractivity contribution in [3.8, 4) is 71.9 Å². The largest absolute Gasteiger partial charge is 0.335 e. The van der Waals surface area contributed by atoms with Gasteiger partial charge in [0.05, 0.1) is 45.6 Å². The molecule has 0 radical (unpaired) electrons. The number of nitrogens with zero attached hydrogens (tertiary/aromatic N) is 11. The molecule has 19 heteroatoms. The number of pyridine rings is 5. The molecule has 12 aromatic heterocycles. The van der Waals surface area contributed by atoms with Gasteiger partial charge in [0.2, 0.25) is 5.91 Å². The predicted octanol–water partition coefficient (Wildman–Crippen LogP) is 9.48. The quantitative estimate of drug-likeness (QED) is 0.0857. The smallest absolute Gasteiger partial charge is 0.314 e. The van der Waals surface area contributed by atoms with Crippen LogP contribution < -0.4 is 9.88 Å². The van der Waals surface area contributed by atoms with Gasteiger partial charge in [-0.05, 0) is 53.9 Å². The minimum atomic E-state index is 0.00367. The van der Waals surface area contributed by atoms with Gasteiger partial charge in [0.15, 0.2) is 28.7 Å². The third-order valence-electron chi connectivity index (χ3n) is 12.4. The molecule has 0 bridgehead atoms. The lowest BCUT2D eigenvalue weighted by Gasteiger charge is -2.20. The molecule has 324 valence electrons. The summed E-state index contributed by atoms with van der Waals surface area (Å²) in [4.78, 5) is 59.5. The normalized spacial score (nSPS) is 13.4. The molecular formula is C48H35N16OS2+. The Kier molecular flexibility index (Phi) is 9.27. The van der Waals surface area contributed by atoms with Gasteiger partial charge in [-0.3, -0.25) is 24.8 Å². The summed E-state index contributed by atoms with van der Waals surface area (Å²) in [7, 11) is 0. The van der Waals surface area contributed by atoms with Crippen molar-refractivity contribution in [2.75, 3.05) is 5.32 Å². The molecule has 0 atom stereocenters. The van der Waals surface area contributed by atoms with E-state index in [0.717, 1.165) is 113 Å². The molecule has 12 heterocycles. The molecule has 1 aliphatic rings. The van der Waals surface area contributed by atoms with E-state index in [1.807, 2.05) is 42.2 Å². The van der Waals surface area contributed by atoms with Crippen molar-refractivity contribution in [1.82, 2.24) is 70.2 Å². The average molecular weight is 916 g/mol. The number of hydrogen-bond acceptors (Lipinski definition) is 13. The summed E-state index contributed by atoms with van der Waals surface area (Å²) in [5.74, 6) is 1.21. The van der Waals surface area contributed by atoms with Gasteiger partial charge in [-0.25, -0.2) is 24.9 Å². The van der Waals surface area contributed by atoms with E-state index in [1.54, 1.807) is 59.9 Å². The number of carbonyl (C=O) groups is 1. The molecule has 67 heavy (non-hydrogen) atoms. The van der Waals surface area contributed by atoms with Crippen molar-refractivity contribution in [3.05, 3.63) is 115 Å². The lowest BCUT2D eigenvalue weighted by Crippen LogP contribution is -2.32. The van der Waals surface area contributed by atoms with Gasteiger partial charge in [-0.1, -0.05) is 30.4 Å². The number of anilines is 1. The first-order chi connectivity index (χ1) is 33.1. The second-order valence-corrected chi connectivity index (χ2v) is 18.4. The van der Waals surface area contributed by atoms with Crippen LogP contribution in [0.1, 0.15) is 32.1 Å². The van der Waals surface area contributed by atoms with E-state index in [1.165, 1.54) is 12.7 Å². The first-order valence-electron chi connectivity index (χ1n) is 21.7. The van der Waals surface area contributed by atoms with E-state index >= 15 is 0 Å². The maximum atomic E-state index is 13.4. The maximum absolute atomic E-state index is 13.4. The van der Waals surface area contributed by atoms with Gasteiger partial charge in [0.25, 0.3) is 0 Å². The summed E-state index contributed by atoms with van der Waals surface area (Å²) in [5.41, 5.74) is 12.4. The SMILES string of the molecule is O=C(Nc1cncc(-c2cc3c(-c4nc5c(-c6cccs6)cncc5[nH]4)n[nH]c3[n+](-c3ccsc3-c3cncc4[nH]c(-c5n[nH]c6ncc(-c7cncnc7)cc56)nc34)c2)c1)C1CCCCC1. The van der Waals surface area contributed by atoms with Crippen molar-refractivity contribution < 1.29 is 9.36 Å². The van der Waals surface area contributed by atoms with Crippen LogP contribution in [0.5, 0.6) is 0 Å². The van der Waals surface area contributed by atoms with Crippen molar-refractivity contribution in [2.45, 2.75) is 32.1 Å². The molecule has 1 amide bonds. The highest BCUT2D eigenvalue weighted by Crippen LogP contribution is 2.39. The molecule has 1 saturated carbocycles. The summed E-state index contributed by atoms with van der Waals surface area (Å²) in [5, 5.41) is 24.9. The van der Waals surface area contributed by atoms with Crippen molar-refractivity contribution >= 4 is 78.4 Å². The minimum Gasteiger partial charge on any atom is -0.335 e. The lowest BCUT2D eigenvalue weighted by atomic mass is 9.88. The highest BCUT2D eigenvalue weighted by molar-refractivity contribution is 7.14. The lowest BCUT2D eigenvalue weighted by molar-refractivity contribution is -0.567. The molecule has 12 aromatic rings. The zero-order valence-corrected chi connectivity index (χ0v) is 36.9. The molecule has 0 aromatic carbocycles. The summed E-state index contributed by atoms with van der Waals surface area (Å²) in [6, 6.07) is 12.3. The number of fused-ring (bicyclic) bond motifs is 4. The molecule has 5 N–H and O–H groups in total. The number of rotatable bonds is 9. The first kappa shape index (κ1) is 39.0. The zero-order valence-electron chi connectivity index (χ0n) is 35.2. The Hall–Kier alpha value is -8.42. The fraction of sp³-hybridized carbons (Fsp3) is 0.125. The Bertz CT molecular complexity index is 3820. The van der Waals surface area contributed by atoms with E-state index in [9.17, 15) is 4.79 Å². The fourth-order valence-electron chi connectivity index (χ4n) is 9.11. The molecule has 0 spiro atoms. The fourth-order valence-corrected chi connectivity index (χ4v) is 10.7. The number of carbonyl (C=O) groups excluding carboxylic acids is 1. The molecular weight excluding hydrogens is 881 g/mol. The topological polar surface area (TPSA) is 225 Å². The highest BCUT2D eigenvalue weighted by Gasteiger charge is 2.28. The van der Waals surface area contributed by atoms with Crippen LogP contribution in [0.3, 0.4) is 0 Å². The summed E-state index contributed by atoms with van der Waals surface area (Å²) in [6.07, 6.45) is 24.7. The number of hydrogen-bond donors (Lipinski definition) is 5. The average Bonchev–Trinajstić information content (AvgIpc) is 4.24. The molecule has 0 unspecified atom stereocenters. The van der Waals surface area contributed by atoms with Crippen LogP contribution in [0.25, 0.3) is 116 Å². The van der Waals surface area contributed by atoms with E-state index in [4.69, 9.17) is 20.1 Å². The number of H-pyrrole nitrogens is 4. The molecule has 0 saturated heterocycles. The molecule has 13 rings (SSSR count). The Labute approximate surface area is 386 Å². The number of aromatic nitrogens is 15. The van der Waals surface area contributed by atoms with Crippen LogP contribution >= 0.6 is 22.7 Å². The molecule has 1 fully saturated rings. The second-order valence-electron chi connectivity index (χ2n) is 16.5. The van der Waals surface area contributed by atoms with Gasteiger partial charge < -0.3 is 15.3 Å². The summed E-state index contributed by atoms with van der Waals surface area (Å²) < 4.78 is 2.11. The van der Waals surface area contributed by atoms with E-state index in [2.05, 4.69) is 89.8 Å². The molecule has 17 nitrogen and oxygen atoms in total. The number of nitrogens with one attached hydrogen (secondary N) is 5. The van der Waals surface area contributed by atoms with Gasteiger partial charge in [-0.15, -0.1) is 27.8 Å². The van der Waals surface area contributed by atoms with E-state index < -0.39 is 0 Å². The van der Waals surface area contributed by atoms with Crippen LogP contribution in [-0.2, 0) is 4.79 Å². The third kappa shape index (κ3) is 6.81. The van der Waals surface area contributed by atoms with Crippen LogP contribution in [0, 0.1) is 5.92 Å². The van der Waals surface area contributed by atoms with E-state index in [0.29, 0.717) is 34.4 Å². The predicted molar refractivity (Wildman–Crippen MR) is 257 cm³/mol.